The van der Waals surface area contributed by atoms with Gasteiger partial charge in [0.15, 0.2) is 0 Å². The number of hydrogen-bond acceptors (Lipinski definition) is 2. The molecular formula is C17H16FN3. The molecule has 1 aromatic carbocycles. The van der Waals surface area contributed by atoms with Crippen molar-refractivity contribution in [2.24, 2.45) is 0 Å². The van der Waals surface area contributed by atoms with Crippen molar-refractivity contribution in [2.75, 3.05) is 18.0 Å². The molecule has 0 radical (unpaired) electrons. The normalized spacial score (nSPS) is 18.5. The molecule has 0 spiro atoms. The molecule has 21 heavy (non-hydrogen) atoms. The zero-order valence-electron chi connectivity index (χ0n) is 11.6. The molecular weight excluding hydrogens is 265 g/mol. The molecule has 2 aromatic heterocycles. The molecule has 1 saturated heterocycles. The summed E-state index contributed by atoms with van der Waals surface area (Å²) >= 11 is 0. The lowest BCUT2D eigenvalue weighted by Crippen LogP contribution is -2.19. The third kappa shape index (κ3) is 2.27. The van der Waals surface area contributed by atoms with Crippen LogP contribution >= 0.6 is 0 Å². The fourth-order valence-corrected chi connectivity index (χ4v) is 2.87. The number of aromatic nitrogens is 2. The number of imidazole rings is 1. The van der Waals surface area contributed by atoms with Gasteiger partial charge in [-0.05, 0) is 12.5 Å². The van der Waals surface area contributed by atoms with Gasteiger partial charge in [-0.2, -0.15) is 0 Å². The Morgan fingerprint density at radius 1 is 1.14 bits per heavy atom. The first-order chi connectivity index (χ1) is 10.3. The smallest absolute Gasteiger partial charge is 0.139 e. The second-order valence-corrected chi connectivity index (χ2v) is 5.47. The summed E-state index contributed by atoms with van der Waals surface area (Å²) in [6, 6.07) is 14.2. The second-order valence-electron chi connectivity index (χ2n) is 5.47. The Labute approximate surface area is 122 Å². The average Bonchev–Trinajstić information content (AvgIpc) is 3.13. The number of alkyl halides is 1. The Morgan fingerprint density at radius 3 is 2.76 bits per heavy atom. The number of halogens is 1. The third-order valence-corrected chi connectivity index (χ3v) is 4.01. The van der Waals surface area contributed by atoms with Gasteiger partial charge in [0, 0.05) is 42.8 Å². The predicted molar refractivity (Wildman–Crippen MR) is 82.4 cm³/mol. The molecule has 3 heterocycles. The van der Waals surface area contributed by atoms with E-state index in [0.717, 1.165) is 29.1 Å². The van der Waals surface area contributed by atoms with E-state index in [0.29, 0.717) is 13.0 Å². The highest BCUT2D eigenvalue weighted by atomic mass is 19.1. The van der Waals surface area contributed by atoms with Crippen molar-refractivity contribution in [1.82, 2.24) is 9.38 Å². The van der Waals surface area contributed by atoms with Crippen molar-refractivity contribution in [3.63, 3.8) is 0 Å². The maximum atomic E-state index is 13.3. The van der Waals surface area contributed by atoms with Crippen molar-refractivity contribution in [2.45, 2.75) is 12.6 Å². The van der Waals surface area contributed by atoms with E-state index >= 15 is 0 Å². The Kier molecular flexibility index (Phi) is 2.88. The highest BCUT2D eigenvalue weighted by Gasteiger charge is 2.22. The molecule has 106 valence electrons. The summed E-state index contributed by atoms with van der Waals surface area (Å²) in [4.78, 5) is 6.76. The summed E-state index contributed by atoms with van der Waals surface area (Å²) in [6.45, 7) is 1.27. The van der Waals surface area contributed by atoms with Crippen LogP contribution in [0.2, 0.25) is 0 Å². The fraction of sp³-hybridized carbons (Fsp3) is 0.235. The minimum atomic E-state index is -0.708. The minimum Gasteiger partial charge on any atom is -0.368 e. The summed E-state index contributed by atoms with van der Waals surface area (Å²) in [5.74, 6) is 0. The summed E-state index contributed by atoms with van der Waals surface area (Å²) in [5, 5.41) is 0. The van der Waals surface area contributed by atoms with Crippen LogP contribution in [0, 0.1) is 0 Å². The first-order valence-electron chi connectivity index (χ1n) is 7.23. The quantitative estimate of drug-likeness (QED) is 0.716. The van der Waals surface area contributed by atoms with E-state index in [1.165, 1.54) is 0 Å². The van der Waals surface area contributed by atoms with Crippen LogP contribution in [0.25, 0.3) is 16.9 Å². The minimum absolute atomic E-state index is 0.489. The molecule has 4 rings (SSSR count). The Morgan fingerprint density at radius 2 is 2.00 bits per heavy atom. The molecule has 1 aliphatic heterocycles. The molecule has 0 aliphatic carbocycles. The van der Waals surface area contributed by atoms with E-state index in [4.69, 9.17) is 0 Å². The number of rotatable bonds is 2. The molecule has 1 unspecified atom stereocenters. The molecule has 3 nitrogen and oxygen atoms in total. The first kappa shape index (κ1) is 12.4. The molecule has 0 bridgehead atoms. The summed E-state index contributed by atoms with van der Waals surface area (Å²) in [5.41, 5.74) is 4.01. The number of pyridine rings is 1. The average molecular weight is 281 g/mol. The standard InChI is InChI=1S/C17H16FN3/c18-14-6-8-20(11-14)15-7-9-21-12-16(19-17(21)10-15)13-4-2-1-3-5-13/h1-5,7,9-10,12,14H,6,8,11H2. The van der Waals surface area contributed by atoms with E-state index in [1.54, 1.807) is 0 Å². The molecule has 0 saturated carbocycles. The van der Waals surface area contributed by atoms with E-state index < -0.39 is 6.17 Å². The van der Waals surface area contributed by atoms with Crippen molar-refractivity contribution >= 4 is 11.3 Å². The van der Waals surface area contributed by atoms with Crippen LogP contribution < -0.4 is 4.90 Å². The van der Waals surface area contributed by atoms with Gasteiger partial charge in [0.05, 0.1) is 5.69 Å². The van der Waals surface area contributed by atoms with Crippen LogP contribution in [0.1, 0.15) is 6.42 Å². The van der Waals surface area contributed by atoms with Gasteiger partial charge in [0.1, 0.15) is 11.8 Å². The van der Waals surface area contributed by atoms with Crippen LogP contribution in [0.3, 0.4) is 0 Å². The fourth-order valence-electron chi connectivity index (χ4n) is 2.87. The van der Waals surface area contributed by atoms with Crippen molar-refractivity contribution in [1.29, 1.82) is 0 Å². The number of anilines is 1. The number of fused-ring (bicyclic) bond motifs is 1. The third-order valence-electron chi connectivity index (χ3n) is 4.01. The van der Waals surface area contributed by atoms with E-state index in [9.17, 15) is 4.39 Å². The van der Waals surface area contributed by atoms with Gasteiger partial charge in [0.25, 0.3) is 0 Å². The lowest BCUT2D eigenvalue weighted by molar-refractivity contribution is 0.364. The zero-order chi connectivity index (χ0) is 14.2. The van der Waals surface area contributed by atoms with Crippen LogP contribution in [0.5, 0.6) is 0 Å². The van der Waals surface area contributed by atoms with Gasteiger partial charge in [-0.25, -0.2) is 9.37 Å². The van der Waals surface area contributed by atoms with Crippen molar-refractivity contribution in [3.05, 3.63) is 54.9 Å². The Bertz CT molecular complexity index is 766. The van der Waals surface area contributed by atoms with Gasteiger partial charge in [0.2, 0.25) is 0 Å². The van der Waals surface area contributed by atoms with Gasteiger partial charge < -0.3 is 9.30 Å². The Hall–Kier alpha value is -2.36. The zero-order valence-corrected chi connectivity index (χ0v) is 11.6. The van der Waals surface area contributed by atoms with Crippen LogP contribution in [0.4, 0.5) is 10.1 Å². The number of nitrogens with zero attached hydrogens (tertiary/aromatic N) is 3. The molecule has 4 heteroatoms. The van der Waals surface area contributed by atoms with Crippen molar-refractivity contribution in [3.8, 4) is 11.3 Å². The molecule has 3 aromatic rings. The molecule has 0 N–H and O–H groups in total. The Balaban J connectivity index is 1.72. The largest absolute Gasteiger partial charge is 0.368 e. The predicted octanol–water partition coefficient (Wildman–Crippen LogP) is 3.55. The maximum absolute atomic E-state index is 13.3. The second kappa shape index (κ2) is 4.88. The molecule has 1 atom stereocenters. The topological polar surface area (TPSA) is 20.5 Å². The molecule has 1 fully saturated rings. The lowest BCUT2D eigenvalue weighted by Gasteiger charge is -2.17. The maximum Gasteiger partial charge on any atom is 0.139 e. The lowest BCUT2D eigenvalue weighted by atomic mass is 10.2. The summed E-state index contributed by atoms with van der Waals surface area (Å²) in [7, 11) is 0. The van der Waals surface area contributed by atoms with Crippen LogP contribution in [-0.2, 0) is 0 Å². The van der Waals surface area contributed by atoms with Gasteiger partial charge in [-0.15, -0.1) is 0 Å². The van der Waals surface area contributed by atoms with Crippen LogP contribution in [-0.4, -0.2) is 28.6 Å². The number of hydrogen-bond donors (Lipinski definition) is 0. The highest BCUT2D eigenvalue weighted by Crippen LogP contribution is 2.25. The van der Waals surface area contributed by atoms with Gasteiger partial charge >= 0.3 is 0 Å². The summed E-state index contributed by atoms with van der Waals surface area (Å²) in [6.07, 6.45) is 3.93. The van der Waals surface area contributed by atoms with Gasteiger partial charge in [-0.3, -0.25) is 0 Å². The first-order valence-corrected chi connectivity index (χ1v) is 7.23. The van der Waals surface area contributed by atoms with Gasteiger partial charge in [-0.1, -0.05) is 30.3 Å². The highest BCUT2D eigenvalue weighted by molar-refractivity contribution is 5.65. The van der Waals surface area contributed by atoms with E-state index in [2.05, 4.69) is 22.0 Å². The van der Waals surface area contributed by atoms with Crippen LogP contribution in [0.15, 0.2) is 54.9 Å². The van der Waals surface area contributed by atoms with E-state index in [1.807, 2.05) is 47.1 Å². The molecule has 0 amide bonds. The summed E-state index contributed by atoms with van der Waals surface area (Å²) < 4.78 is 15.3. The van der Waals surface area contributed by atoms with E-state index in [-0.39, 0.29) is 0 Å². The van der Waals surface area contributed by atoms with Crippen molar-refractivity contribution < 1.29 is 4.39 Å². The number of benzene rings is 1. The monoisotopic (exact) mass is 281 g/mol. The molecule has 1 aliphatic rings. The SMILES string of the molecule is FC1CCN(c2ccn3cc(-c4ccccc4)nc3c2)C1.